The highest BCUT2D eigenvalue weighted by molar-refractivity contribution is 7.97. The molecule has 1 aliphatic heterocycles. The normalized spacial score (nSPS) is 16.6. The summed E-state index contributed by atoms with van der Waals surface area (Å²) in [6.07, 6.45) is 0.968. The van der Waals surface area contributed by atoms with E-state index in [1.807, 2.05) is 20.8 Å². The molecule has 0 fully saturated rings. The average Bonchev–Trinajstić information content (AvgIpc) is 2.94. The fraction of sp³-hybridized carbons (Fsp3) is 0.450. The Morgan fingerprint density at radius 1 is 1.36 bits per heavy atom. The van der Waals surface area contributed by atoms with Gasteiger partial charge in [0.15, 0.2) is 5.89 Å². The van der Waals surface area contributed by atoms with Gasteiger partial charge in [-0.15, -0.1) is 0 Å². The van der Waals surface area contributed by atoms with Crippen LogP contribution in [0.5, 0.6) is 0 Å². The standard InChI is InChI=1S/C15H18N2OS.C5H10O/c1-10-4-6-13(7-5-10)19-17-9-8-14-15(11(17)2)18-12(3)16-14;1-4-6-5(2)3/h4-7,11H,8-9H2,1-3H3;2,4H2,1,3H3. The lowest BCUT2D eigenvalue weighted by atomic mass is 10.1. The van der Waals surface area contributed by atoms with Crippen molar-refractivity contribution in [2.24, 2.45) is 0 Å². The summed E-state index contributed by atoms with van der Waals surface area (Å²) in [5.41, 5.74) is 2.43. The number of rotatable bonds is 4. The first kappa shape index (κ1) is 19.6. The highest BCUT2D eigenvalue weighted by Gasteiger charge is 2.29. The summed E-state index contributed by atoms with van der Waals surface area (Å²) in [6.45, 7) is 15.3. The fourth-order valence-electron chi connectivity index (χ4n) is 2.64. The van der Waals surface area contributed by atoms with E-state index in [4.69, 9.17) is 9.15 Å². The number of hydrogen-bond acceptors (Lipinski definition) is 5. The van der Waals surface area contributed by atoms with Crippen molar-refractivity contribution in [1.29, 1.82) is 0 Å². The minimum atomic E-state index is 0.274. The molecule has 0 bridgehead atoms. The third-order valence-corrected chi connectivity index (χ3v) is 5.07. The lowest BCUT2D eigenvalue weighted by Gasteiger charge is -2.30. The molecule has 0 saturated heterocycles. The van der Waals surface area contributed by atoms with Gasteiger partial charge >= 0.3 is 0 Å². The lowest BCUT2D eigenvalue weighted by molar-refractivity contribution is 0.233. The smallest absolute Gasteiger partial charge is 0.191 e. The zero-order valence-electron chi connectivity index (χ0n) is 15.8. The van der Waals surface area contributed by atoms with Crippen LogP contribution in [0.15, 0.2) is 45.9 Å². The zero-order chi connectivity index (χ0) is 18.4. The quantitative estimate of drug-likeness (QED) is 0.533. The first-order valence-electron chi connectivity index (χ1n) is 8.66. The minimum absolute atomic E-state index is 0.274. The van der Waals surface area contributed by atoms with Crippen molar-refractivity contribution in [3.63, 3.8) is 0 Å². The molecule has 136 valence electrons. The van der Waals surface area contributed by atoms with Gasteiger partial charge in [-0.1, -0.05) is 24.3 Å². The molecular weight excluding hydrogens is 332 g/mol. The van der Waals surface area contributed by atoms with Crippen LogP contribution in [0.25, 0.3) is 0 Å². The van der Waals surface area contributed by atoms with Crippen molar-refractivity contribution in [1.82, 2.24) is 9.29 Å². The summed E-state index contributed by atoms with van der Waals surface area (Å²) in [6, 6.07) is 8.93. The Labute approximate surface area is 155 Å². The number of allylic oxidation sites excluding steroid dienone is 1. The summed E-state index contributed by atoms with van der Waals surface area (Å²) in [4.78, 5) is 5.73. The molecule has 2 heterocycles. The first-order chi connectivity index (χ1) is 11.9. The van der Waals surface area contributed by atoms with Crippen molar-refractivity contribution in [3.05, 3.63) is 59.5 Å². The number of aryl methyl sites for hydroxylation is 2. The van der Waals surface area contributed by atoms with Gasteiger partial charge in [0, 0.05) is 24.8 Å². The molecule has 0 radical (unpaired) electrons. The molecule has 25 heavy (non-hydrogen) atoms. The molecule has 1 atom stereocenters. The second-order valence-electron chi connectivity index (χ2n) is 6.15. The van der Waals surface area contributed by atoms with E-state index in [9.17, 15) is 0 Å². The Kier molecular flexibility index (Phi) is 7.14. The number of aromatic nitrogens is 1. The van der Waals surface area contributed by atoms with Crippen LogP contribution in [0.2, 0.25) is 0 Å². The van der Waals surface area contributed by atoms with Crippen LogP contribution >= 0.6 is 11.9 Å². The third-order valence-electron chi connectivity index (χ3n) is 3.85. The number of oxazole rings is 1. The van der Waals surface area contributed by atoms with Gasteiger partial charge in [-0.05, 0) is 51.8 Å². The van der Waals surface area contributed by atoms with Gasteiger partial charge in [0.05, 0.1) is 24.1 Å². The Morgan fingerprint density at radius 2 is 2.04 bits per heavy atom. The maximum atomic E-state index is 5.74. The van der Waals surface area contributed by atoms with Crippen molar-refractivity contribution in [3.8, 4) is 0 Å². The number of benzene rings is 1. The second kappa shape index (κ2) is 9.11. The van der Waals surface area contributed by atoms with Gasteiger partial charge in [0.2, 0.25) is 0 Å². The molecular formula is C20H28N2O2S. The van der Waals surface area contributed by atoms with Gasteiger partial charge in [-0.2, -0.15) is 0 Å². The second-order valence-corrected chi connectivity index (χ2v) is 7.27. The highest BCUT2D eigenvalue weighted by atomic mass is 32.2. The molecule has 1 aliphatic rings. The molecule has 0 N–H and O–H groups in total. The van der Waals surface area contributed by atoms with Crippen molar-refractivity contribution in [2.45, 2.75) is 52.0 Å². The van der Waals surface area contributed by atoms with Crippen molar-refractivity contribution >= 4 is 11.9 Å². The third kappa shape index (κ3) is 5.65. The molecule has 1 unspecified atom stereocenters. The van der Waals surface area contributed by atoms with E-state index < -0.39 is 0 Å². The van der Waals surface area contributed by atoms with E-state index in [1.54, 1.807) is 11.9 Å². The Hall–Kier alpha value is -1.72. The Morgan fingerprint density at radius 3 is 2.60 bits per heavy atom. The van der Waals surface area contributed by atoms with Crippen LogP contribution in [0.4, 0.5) is 0 Å². The molecule has 0 saturated carbocycles. The van der Waals surface area contributed by atoms with Gasteiger partial charge < -0.3 is 9.15 Å². The van der Waals surface area contributed by atoms with E-state index in [1.165, 1.54) is 10.5 Å². The molecule has 2 aromatic rings. The maximum Gasteiger partial charge on any atom is 0.191 e. The van der Waals surface area contributed by atoms with E-state index in [0.717, 1.165) is 42.7 Å². The van der Waals surface area contributed by atoms with E-state index >= 15 is 0 Å². The molecule has 3 rings (SSSR count). The monoisotopic (exact) mass is 360 g/mol. The molecule has 1 aromatic heterocycles. The molecule has 0 amide bonds. The molecule has 0 aliphatic carbocycles. The van der Waals surface area contributed by atoms with Crippen LogP contribution in [0, 0.1) is 13.8 Å². The average molecular weight is 361 g/mol. The largest absolute Gasteiger partial charge is 0.499 e. The lowest BCUT2D eigenvalue weighted by Crippen LogP contribution is -2.27. The number of fused-ring (bicyclic) bond motifs is 1. The zero-order valence-corrected chi connectivity index (χ0v) is 16.7. The van der Waals surface area contributed by atoms with E-state index in [2.05, 4.69) is 54.0 Å². The molecule has 0 spiro atoms. The van der Waals surface area contributed by atoms with Crippen LogP contribution in [0.3, 0.4) is 0 Å². The molecule has 1 aromatic carbocycles. The van der Waals surface area contributed by atoms with Crippen LogP contribution in [-0.4, -0.2) is 22.4 Å². The summed E-state index contributed by atoms with van der Waals surface area (Å²) >= 11 is 1.80. The van der Waals surface area contributed by atoms with Gasteiger partial charge in [-0.25, -0.2) is 9.29 Å². The first-order valence-corrected chi connectivity index (χ1v) is 9.43. The van der Waals surface area contributed by atoms with E-state index in [0.29, 0.717) is 0 Å². The minimum Gasteiger partial charge on any atom is -0.499 e. The van der Waals surface area contributed by atoms with Crippen LogP contribution in [-0.2, 0) is 11.2 Å². The van der Waals surface area contributed by atoms with E-state index in [-0.39, 0.29) is 6.04 Å². The summed E-state index contributed by atoms with van der Waals surface area (Å²) in [7, 11) is 0. The van der Waals surface area contributed by atoms with Crippen molar-refractivity contribution in [2.75, 3.05) is 13.2 Å². The van der Waals surface area contributed by atoms with Gasteiger partial charge in [-0.3, -0.25) is 0 Å². The van der Waals surface area contributed by atoms with Crippen molar-refractivity contribution < 1.29 is 9.15 Å². The molecule has 4 nitrogen and oxygen atoms in total. The summed E-state index contributed by atoms with van der Waals surface area (Å²) < 4.78 is 13.0. The summed E-state index contributed by atoms with van der Waals surface area (Å²) in [5, 5.41) is 0. The van der Waals surface area contributed by atoms with Gasteiger partial charge in [0.25, 0.3) is 0 Å². The number of nitrogens with zero attached hydrogens (tertiary/aromatic N) is 2. The van der Waals surface area contributed by atoms with Crippen LogP contribution < -0.4 is 0 Å². The summed E-state index contributed by atoms with van der Waals surface area (Å²) in [5.74, 6) is 2.60. The topological polar surface area (TPSA) is 38.5 Å². The Bertz CT molecular complexity index is 694. The highest BCUT2D eigenvalue weighted by Crippen LogP contribution is 2.37. The predicted octanol–water partition coefficient (Wildman–Crippen LogP) is 5.47. The van der Waals surface area contributed by atoms with Gasteiger partial charge in [0.1, 0.15) is 5.76 Å². The number of ether oxygens (including phenoxy) is 1. The van der Waals surface area contributed by atoms with Crippen LogP contribution in [0.1, 0.15) is 49.7 Å². The predicted molar refractivity (Wildman–Crippen MR) is 104 cm³/mol. The fourth-order valence-corrected chi connectivity index (χ4v) is 3.60. The number of hydrogen-bond donors (Lipinski definition) is 0. The SMILES string of the molecule is C=C(C)OCC.Cc1ccc(SN2CCc3nc(C)oc3C2C)cc1. The molecule has 5 heteroatoms. The Balaban J connectivity index is 0.000000326. The maximum absolute atomic E-state index is 5.74.